The van der Waals surface area contributed by atoms with Gasteiger partial charge in [0.1, 0.15) is 0 Å². The van der Waals surface area contributed by atoms with E-state index < -0.39 is 5.41 Å². The van der Waals surface area contributed by atoms with E-state index in [9.17, 15) is 4.79 Å². The van der Waals surface area contributed by atoms with Crippen LogP contribution >= 0.6 is 0 Å². The number of hydrogen-bond donors (Lipinski definition) is 2. The SMILES string of the molecule is CC1(C)C(=O)Nc2ccc(CC3CCCCN3)cc21. The number of fused-ring (bicyclic) bond motifs is 1. The van der Waals surface area contributed by atoms with E-state index in [0.717, 1.165) is 24.2 Å². The Morgan fingerprint density at radius 2 is 2.16 bits per heavy atom. The van der Waals surface area contributed by atoms with Crippen molar-refractivity contribution in [2.24, 2.45) is 0 Å². The summed E-state index contributed by atoms with van der Waals surface area (Å²) >= 11 is 0. The maximum atomic E-state index is 11.9. The van der Waals surface area contributed by atoms with Crippen LogP contribution in [0.4, 0.5) is 5.69 Å². The lowest BCUT2D eigenvalue weighted by molar-refractivity contribution is -0.119. The Kier molecular flexibility index (Phi) is 3.09. The van der Waals surface area contributed by atoms with Gasteiger partial charge < -0.3 is 10.6 Å². The molecule has 0 bridgehead atoms. The number of piperidine rings is 1. The molecular formula is C16H22N2O. The second-order valence-electron chi connectivity index (χ2n) is 6.31. The molecule has 0 radical (unpaired) electrons. The molecule has 1 aromatic carbocycles. The molecule has 2 aliphatic heterocycles. The Balaban J connectivity index is 1.82. The highest BCUT2D eigenvalue weighted by Gasteiger charge is 2.38. The van der Waals surface area contributed by atoms with E-state index in [1.807, 2.05) is 13.8 Å². The first-order chi connectivity index (χ1) is 9.07. The van der Waals surface area contributed by atoms with Gasteiger partial charge in [-0.2, -0.15) is 0 Å². The molecule has 1 saturated heterocycles. The summed E-state index contributed by atoms with van der Waals surface area (Å²) < 4.78 is 0. The van der Waals surface area contributed by atoms with Gasteiger partial charge in [-0.25, -0.2) is 0 Å². The normalized spacial score (nSPS) is 24.9. The number of carbonyl (C=O) groups excluding carboxylic acids is 1. The van der Waals surface area contributed by atoms with E-state index in [1.165, 1.54) is 24.8 Å². The van der Waals surface area contributed by atoms with E-state index in [0.29, 0.717) is 6.04 Å². The molecule has 19 heavy (non-hydrogen) atoms. The van der Waals surface area contributed by atoms with Crippen LogP contribution in [0.1, 0.15) is 44.2 Å². The molecule has 3 nitrogen and oxygen atoms in total. The molecule has 2 heterocycles. The van der Waals surface area contributed by atoms with E-state index in [2.05, 4.69) is 28.8 Å². The molecule has 2 N–H and O–H groups in total. The lowest BCUT2D eigenvalue weighted by Gasteiger charge is -2.24. The summed E-state index contributed by atoms with van der Waals surface area (Å²) in [4.78, 5) is 11.9. The molecule has 102 valence electrons. The fourth-order valence-electron chi connectivity index (χ4n) is 3.13. The first-order valence-corrected chi connectivity index (χ1v) is 7.25. The van der Waals surface area contributed by atoms with Gasteiger partial charge >= 0.3 is 0 Å². The van der Waals surface area contributed by atoms with E-state index in [4.69, 9.17) is 0 Å². The van der Waals surface area contributed by atoms with Crippen molar-refractivity contribution in [1.29, 1.82) is 0 Å². The van der Waals surface area contributed by atoms with Crippen molar-refractivity contribution in [1.82, 2.24) is 5.32 Å². The lowest BCUT2D eigenvalue weighted by Crippen LogP contribution is -2.35. The van der Waals surface area contributed by atoms with Crippen molar-refractivity contribution in [2.75, 3.05) is 11.9 Å². The molecule has 0 saturated carbocycles. The largest absolute Gasteiger partial charge is 0.325 e. The summed E-state index contributed by atoms with van der Waals surface area (Å²) in [6.07, 6.45) is 4.95. The molecular weight excluding hydrogens is 236 g/mol. The third kappa shape index (κ3) is 2.27. The molecule has 1 aromatic rings. The van der Waals surface area contributed by atoms with Crippen molar-refractivity contribution < 1.29 is 4.79 Å². The van der Waals surface area contributed by atoms with Crippen molar-refractivity contribution in [3.63, 3.8) is 0 Å². The molecule has 3 heteroatoms. The Morgan fingerprint density at radius 1 is 1.32 bits per heavy atom. The maximum Gasteiger partial charge on any atom is 0.234 e. The summed E-state index contributed by atoms with van der Waals surface area (Å²) in [6, 6.07) is 7.01. The van der Waals surface area contributed by atoms with Gasteiger partial charge in [0.05, 0.1) is 5.41 Å². The average molecular weight is 258 g/mol. The van der Waals surface area contributed by atoms with Crippen LogP contribution in [0, 0.1) is 0 Å². The highest BCUT2D eigenvalue weighted by Crippen LogP contribution is 2.37. The number of nitrogens with one attached hydrogen (secondary N) is 2. The number of amides is 1. The van der Waals surface area contributed by atoms with Crippen LogP contribution in [0.15, 0.2) is 18.2 Å². The molecule has 0 aliphatic carbocycles. The van der Waals surface area contributed by atoms with Crippen LogP contribution in [-0.2, 0) is 16.6 Å². The number of rotatable bonds is 2. The van der Waals surface area contributed by atoms with Gasteiger partial charge in [-0.3, -0.25) is 4.79 Å². The first kappa shape index (κ1) is 12.7. The van der Waals surface area contributed by atoms with E-state index in [1.54, 1.807) is 0 Å². The highest BCUT2D eigenvalue weighted by molar-refractivity contribution is 6.05. The van der Waals surface area contributed by atoms with Gasteiger partial charge in [-0.1, -0.05) is 18.6 Å². The van der Waals surface area contributed by atoms with Crippen LogP contribution in [0.2, 0.25) is 0 Å². The van der Waals surface area contributed by atoms with Crippen LogP contribution in [-0.4, -0.2) is 18.5 Å². The standard InChI is InChI=1S/C16H22N2O/c1-16(2)13-10-11(6-7-14(13)18-15(16)19)9-12-5-3-4-8-17-12/h6-7,10,12,17H,3-5,8-9H2,1-2H3,(H,18,19). The topological polar surface area (TPSA) is 41.1 Å². The molecule has 0 aromatic heterocycles. The minimum Gasteiger partial charge on any atom is -0.325 e. The molecule has 1 atom stereocenters. The van der Waals surface area contributed by atoms with Crippen LogP contribution in [0.3, 0.4) is 0 Å². The minimum atomic E-state index is -0.397. The smallest absolute Gasteiger partial charge is 0.234 e. The van der Waals surface area contributed by atoms with Crippen molar-refractivity contribution in [3.8, 4) is 0 Å². The zero-order chi connectivity index (χ0) is 13.5. The third-order valence-corrected chi connectivity index (χ3v) is 4.47. The summed E-state index contributed by atoms with van der Waals surface area (Å²) in [5, 5.41) is 6.55. The van der Waals surface area contributed by atoms with Gasteiger partial charge in [-0.15, -0.1) is 0 Å². The zero-order valence-corrected chi connectivity index (χ0v) is 11.8. The van der Waals surface area contributed by atoms with E-state index >= 15 is 0 Å². The first-order valence-electron chi connectivity index (χ1n) is 7.25. The van der Waals surface area contributed by atoms with Crippen LogP contribution in [0.25, 0.3) is 0 Å². The fourth-order valence-corrected chi connectivity index (χ4v) is 3.13. The zero-order valence-electron chi connectivity index (χ0n) is 11.8. The molecule has 2 aliphatic rings. The number of carbonyl (C=O) groups is 1. The monoisotopic (exact) mass is 258 g/mol. The maximum absolute atomic E-state index is 11.9. The summed E-state index contributed by atoms with van der Waals surface area (Å²) in [7, 11) is 0. The fraction of sp³-hybridized carbons (Fsp3) is 0.562. The molecule has 1 unspecified atom stereocenters. The van der Waals surface area contributed by atoms with Crippen LogP contribution < -0.4 is 10.6 Å². The predicted molar refractivity (Wildman–Crippen MR) is 77.4 cm³/mol. The number of benzene rings is 1. The highest BCUT2D eigenvalue weighted by atomic mass is 16.2. The Bertz CT molecular complexity index is 501. The molecule has 3 rings (SSSR count). The Labute approximate surface area is 114 Å². The minimum absolute atomic E-state index is 0.107. The second kappa shape index (κ2) is 4.64. The summed E-state index contributed by atoms with van der Waals surface area (Å²) in [6.45, 7) is 5.13. The summed E-state index contributed by atoms with van der Waals surface area (Å²) in [5.74, 6) is 0.107. The van der Waals surface area contributed by atoms with Gasteiger partial charge in [0.25, 0.3) is 0 Å². The average Bonchev–Trinajstić information content (AvgIpc) is 2.62. The summed E-state index contributed by atoms with van der Waals surface area (Å²) in [5.41, 5.74) is 3.06. The molecule has 1 fully saturated rings. The van der Waals surface area contributed by atoms with Gasteiger partial charge in [0, 0.05) is 11.7 Å². The molecule has 1 amide bonds. The quantitative estimate of drug-likeness (QED) is 0.856. The Hall–Kier alpha value is -1.35. The second-order valence-corrected chi connectivity index (χ2v) is 6.31. The third-order valence-electron chi connectivity index (χ3n) is 4.47. The van der Waals surface area contributed by atoms with Gasteiger partial charge in [0.15, 0.2) is 0 Å². The van der Waals surface area contributed by atoms with E-state index in [-0.39, 0.29) is 5.91 Å². The lowest BCUT2D eigenvalue weighted by atomic mass is 9.84. The van der Waals surface area contributed by atoms with Crippen molar-refractivity contribution in [3.05, 3.63) is 29.3 Å². The van der Waals surface area contributed by atoms with Crippen molar-refractivity contribution in [2.45, 2.75) is 51.0 Å². The predicted octanol–water partition coefficient (Wildman–Crippen LogP) is 2.60. The van der Waals surface area contributed by atoms with Crippen LogP contribution in [0.5, 0.6) is 0 Å². The Morgan fingerprint density at radius 3 is 2.89 bits per heavy atom. The van der Waals surface area contributed by atoms with Gasteiger partial charge in [-0.05, 0) is 56.8 Å². The van der Waals surface area contributed by atoms with Gasteiger partial charge in [0.2, 0.25) is 5.91 Å². The molecule has 0 spiro atoms. The number of hydrogen-bond acceptors (Lipinski definition) is 2. The number of anilines is 1. The van der Waals surface area contributed by atoms with Crippen molar-refractivity contribution >= 4 is 11.6 Å².